The predicted octanol–water partition coefficient (Wildman–Crippen LogP) is 4.04. The Kier molecular flexibility index (Phi) is 5.18. The summed E-state index contributed by atoms with van der Waals surface area (Å²) in [6.45, 7) is 3.96. The third-order valence-electron chi connectivity index (χ3n) is 3.86. The van der Waals surface area contributed by atoms with Crippen molar-refractivity contribution in [3.63, 3.8) is 0 Å². The molecule has 7 heteroatoms. The van der Waals surface area contributed by atoms with Crippen molar-refractivity contribution in [2.75, 3.05) is 12.4 Å². The lowest BCUT2D eigenvalue weighted by Gasteiger charge is -2.13. The van der Waals surface area contributed by atoms with Crippen molar-refractivity contribution < 1.29 is 0 Å². The van der Waals surface area contributed by atoms with E-state index in [1.807, 2.05) is 43.7 Å². The number of anilines is 1. The lowest BCUT2D eigenvalue weighted by molar-refractivity contribution is 0.768. The molecule has 2 aromatic heterocycles. The van der Waals surface area contributed by atoms with E-state index in [0.717, 1.165) is 27.7 Å². The number of pyridine rings is 1. The number of nitrogens with zero attached hydrogens (tertiary/aromatic N) is 3. The highest BCUT2D eigenvalue weighted by atomic mass is 79.9. The summed E-state index contributed by atoms with van der Waals surface area (Å²) in [4.78, 5) is 4.56. The fourth-order valence-electron chi connectivity index (χ4n) is 2.56. The monoisotopic (exact) mass is 410 g/mol. The van der Waals surface area contributed by atoms with Crippen molar-refractivity contribution in [1.82, 2.24) is 20.1 Å². The number of fused-ring (bicyclic) bond motifs is 1. The Morgan fingerprint density at radius 2 is 2.15 bits per heavy atom. The van der Waals surface area contributed by atoms with Crippen molar-refractivity contribution in [2.45, 2.75) is 0 Å². The van der Waals surface area contributed by atoms with E-state index in [0.29, 0.717) is 10.2 Å². The number of halogens is 1. The first-order valence-electron chi connectivity index (χ1n) is 7.95. The van der Waals surface area contributed by atoms with Gasteiger partial charge in [-0.2, -0.15) is 5.10 Å². The van der Waals surface area contributed by atoms with E-state index >= 15 is 0 Å². The average molecular weight is 411 g/mol. The lowest BCUT2D eigenvalue weighted by atomic mass is 10.1. The van der Waals surface area contributed by atoms with Gasteiger partial charge in [0, 0.05) is 49.3 Å². The molecule has 132 valence electrons. The van der Waals surface area contributed by atoms with Crippen LogP contribution in [0.25, 0.3) is 22.0 Å². The summed E-state index contributed by atoms with van der Waals surface area (Å²) in [5.74, 6) is 0. The van der Waals surface area contributed by atoms with E-state index in [-0.39, 0.29) is 5.71 Å². The SMILES string of the molecule is C=C(Nc1cccc2cc(-c3cnn(C)c3)ncc12)C(=N)/C(Br)=C\NC. The van der Waals surface area contributed by atoms with E-state index in [9.17, 15) is 0 Å². The van der Waals surface area contributed by atoms with E-state index in [4.69, 9.17) is 5.41 Å². The van der Waals surface area contributed by atoms with Crippen LogP contribution >= 0.6 is 15.9 Å². The van der Waals surface area contributed by atoms with E-state index < -0.39 is 0 Å². The van der Waals surface area contributed by atoms with Gasteiger partial charge in [0.2, 0.25) is 0 Å². The van der Waals surface area contributed by atoms with Gasteiger partial charge >= 0.3 is 0 Å². The van der Waals surface area contributed by atoms with Crippen molar-refractivity contribution in [2.24, 2.45) is 7.05 Å². The van der Waals surface area contributed by atoms with Crippen molar-refractivity contribution in [3.05, 3.63) is 65.8 Å². The molecule has 0 aliphatic rings. The third kappa shape index (κ3) is 3.67. The average Bonchev–Trinajstić information content (AvgIpc) is 3.07. The number of allylic oxidation sites excluding steroid dienone is 1. The smallest absolute Gasteiger partial charge is 0.0925 e. The maximum absolute atomic E-state index is 8.17. The quantitative estimate of drug-likeness (QED) is 0.535. The van der Waals surface area contributed by atoms with Crippen LogP contribution in [0, 0.1) is 5.41 Å². The number of aryl methyl sites for hydroxylation is 1. The predicted molar refractivity (Wildman–Crippen MR) is 111 cm³/mol. The van der Waals surface area contributed by atoms with Crippen LogP contribution in [0.4, 0.5) is 5.69 Å². The van der Waals surface area contributed by atoms with Crippen LogP contribution in [-0.4, -0.2) is 27.5 Å². The van der Waals surface area contributed by atoms with Gasteiger partial charge in [-0.3, -0.25) is 15.1 Å². The first kappa shape index (κ1) is 17.9. The highest BCUT2D eigenvalue weighted by molar-refractivity contribution is 9.12. The maximum Gasteiger partial charge on any atom is 0.0925 e. The normalized spacial score (nSPS) is 11.4. The molecule has 0 saturated carbocycles. The molecule has 0 unspecified atom stereocenters. The van der Waals surface area contributed by atoms with Crippen LogP contribution in [-0.2, 0) is 7.05 Å². The minimum absolute atomic E-state index is 0.274. The Balaban J connectivity index is 1.91. The van der Waals surface area contributed by atoms with Crippen LogP contribution in [0.5, 0.6) is 0 Å². The van der Waals surface area contributed by atoms with Gasteiger partial charge in [-0.15, -0.1) is 0 Å². The summed E-state index contributed by atoms with van der Waals surface area (Å²) in [7, 11) is 3.66. The molecule has 0 saturated heterocycles. The highest BCUT2D eigenvalue weighted by Crippen LogP contribution is 2.28. The van der Waals surface area contributed by atoms with Crippen LogP contribution in [0.1, 0.15) is 0 Å². The summed E-state index contributed by atoms with van der Waals surface area (Å²) in [6.07, 6.45) is 7.26. The van der Waals surface area contributed by atoms with E-state index in [1.54, 1.807) is 24.1 Å². The molecular weight excluding hydrogens is 392 g/mol. The zero-order valence-electron chi connectivity index (χ0n) is 14.5. The molecule has 26 heavy (non-hydrogen) atoms. The number of hydrogen-bond acceptors (Lipinski definition) is 5. The molecule has 6 nitrogen and oxygen atoms in total. The molecule has 0 aliphatic carbocycles. The zero-order valence-corrected chi connectivity index (χ0v) is 16.1. The first-order chi connectivity index (χ1) is 12.5. The highest BCUT2D eigenvalue weighted by Gasteiger charge is 2.10. The van der Waals surface area contributed by atoms with Gasteiger partial charge < -0.3 is 10.6 Å². The standard InChI is InChI=1S/C19H19BrN6/c1-12(19(21)16(20)10-22-2)25-17-6-4-5-13-7-18(23-9-15(13)17)14-8-24-26(3)11-14/h4-11,21-22,25H,1H2,2-3H3/b16-10+,21-19?. The molecule has 0 radical (unpaired) electrons. The minimum Gasteiger partial charge on any atom is -0.393 e. The summed E-state index contributed by atoms with van der Waals surface area (Å²) < 4.78 is 2.38. The molecule has 3 rings (SSSR count). The third-order valence-corrected chi connectivity index (χ3v) is 4.49. The molecule has 0 atom stereocenters. The minimum atomic E-state index is 0.274. The summed E-state index contributed by atoms with van der Waals surface area (Å²) >= 11 is 3.36. The van der Waals surface area contributed by atoms with Gasteiger partial charge in [0.25, 0.3) is 0 Å². The van der Waals surface area contributed by atoms with Crippen LogP contribution in [0.2, 0.25) is 0 Å². The van der Waals surface area contributed by atoms with Gasteiger partial charge in [-0.1, -0.05) is 18.7 Å². The Bertz CT molecular complexity index is 1020. The first-order valence-corrected chi connectivity index (χ1v) is 8.75. The van der Waals surface area contributed by atoms with Crippen LogP contribution in [0.3, 0.4) is 0 Å². The van der Waals surface area contributed by atoms with Crippen LogP contribution < -0.4 is 10.6 Å². The fourth-order valence-corrected chi connectivity index (χ4v) is 3.03. The molecule has 2 heterocycles. The fraction of sp³-hybridized carbons (Fsp3) is 0.105. The summed E-state index contributed by atoms with van der Waals surface area (Å²) in [5, 5.41) is 20.5. The van der Waals surface area contributed by atoms with Gasteiger partial charge in [0.05, 0.1) is 27.8 Å². The molecule has 0 fully saturated rings. The molecule has 0 aliphatic heterocycles. The summed E-state index contributed by atoms with van der Waals surface area (Å²) in [5.41, 5.74) is 3.46. The molecule has 0 bridgehead atoms. The number of hydrogen-bond donors (Lipinski definition) is 3. The van der Waals surface area contributed by atoms with Gasteiger partial charge in [0.15, 0.2) is 0 Å². The molecule has 3 N–H and O–H groups in total. The largest absolute Gasteiger partial charge is 0.393 e. The second-order valence-corrected chi connectivity index (χ2v) is 6.61. The second-order valence-electron chi connectivity index (χ2n) is 5.76. The van der Waals surface area contributed by atoms with E-state index in [2.05, 4.69) is 43.2 Å². The van der Waals surface area contributed by atoms with Gasteiger partial charge in [0.1, 0.15) is 0 Å². The van der Waals surface area contributed by atoms with Gasteiger partial charge in [-0.25, -0.2) is 0 Å². The molecule has 3 aromatic rings. The molecular formula is C19H19BrN6. The molecule has 0 spiro atoms. The lowest BCUT2D eigenvalue weighted by Crippen LogP contribution is -2.11. The topological polar surface area (TPSA) is 78.6 Å². The Morgan fingerprint density at radius 3 is 2.85 bits per heavy atom. The van der Waals surface area contributed by atoms with Gasteiger partial charge in [-0.05, 0) is 33.4 Å². The van der Waals surface area contributed by atoms with Crippen molar-refractivity contribution >= 4 is 38.1 Å². The second kappa shape index (κ2) is 7.53. The maximum atomic E-state index is 8.17. The number of rotatable bonds is 6. The number of benzene rings is 1. The van der Waals surface area contributed by atoms with Crippen molar-refractivity contribution in [1.29, 1.82) is 5.41 Å². The Labute approximate surface area is 160 Å². The summed E-state index contributed by atoms with van der Waals surface area (Å²) in [6, 6.07) is 7.98. The number of aromatic nitrogens is 3. The molecule has 1 aromatic carbocycles. The van der Waals surface area contributed by atoms with E-state index in [1.165, 1.54) is 0 Å². The van der Waals surface area contributed by atoms with Crippen molar-refractivity contribution in [3.8, 4) is 11.3 Å². The number of nitrogens with one attached hydrogen (secondary N) is 3. The zero-order chi connectivity index (χ0) is 18.7. The Morgan fingerprint density at radius 1 is 1.35 bits per heavy atom. The van der Waals surface area contributed by atoms with Crippen LogP contribution in [0.15, 0.2) is 65.8 Å². The molecule has 0 amide bonds. The Hall–Kier alpha value is -2.93.